The molecule has 1 aliphatic rings. The predicted molar refractivity (Wildman–Crippen MR) is 138 cm³/mol. The van der Waals surface area contributed by atoms with Gasteiger partial charge >= 0.3 is 5.97 Å². The Bertz CT molecular complexity index is 1430. The van der Waals surface area contributed by atoms with Crippen molar-refractivity contribution >= 4 is 33.5 Å². The van der Waals surface area contributed by atoms with Crippen molar-refractivity contribution < 1.29 is 31.9 Å². The van der Waals surface area contributed by atoms with Crippen LogP contribution in [0.15, 0.2) is 65.8 Å². The molecular weight excluding hydrogens is 534 g/mol. The number of sulfonamides is 1. The summed E-state index contributed by atoms with van der Waals surface area (Å²) in [6.45, 7) is 0.115. The van der Waals surface area contributed by atoms with Gasteiger partial charge in [-0.25, -0.2) is 27.2 Å². The van der Waals surface area contributed by atoms with Gasteiger partial charge in [0.2, 0.25) is 16.0 Å². The molecule has 11 nitrogen and oxygen atoms in total. The largest absolute Gasteiger partial charge is 0.480 e. The van der Waals surface area contributed by atoms with E-state index in [0.717, 1.165) is 12.5 Å². The molecule has 2 heterocycles. The number of carbonyl (C=O) groups excluding carboxylic acids is 1. The molecule has 0 spiro atoms. The molecule has 0 radical (unpaired) electrons. The van der Waals surface area contributed by atoms with E-state index in [2.05, 4.69) is 20.6 Å². The lowest BCUT2D eigenvalue weighted by atomic mass is 10.0. The standard InChI is InChI=1S/C25H26F2N6O5S/c26-21-18(23(34)30-14-19(24(35)36)32-39(37,38)17-7-2-1-3-8-17)9-10-20(22(21)27)33-13-4-6-16(15-33)31-25-28-11-5-12-29-25/h1-3,5,7-12,16,19,32H,4,6,13-15H2,(H,30,34)(H,35,36)(H,28,29,31). The summed E-state index contributed by atoms with van der Waals surface area (Å²) in [6.07, 6.45) is 4.65. The van der Waals surface area contributed by atoms with E-state index in [1.54, 1.807) is 29.4 Å². The number of anilines is 2. The summed E-state index contributed by atoms with van der Waals surface area (Å²) in [5.41, 5.74) is -0.667. The van der Waals surface area contributed by atoms with Crippen LogP contribution in [0.25, 0.3) is 0 Å². The highest BCUT2D eigenvalue weighted by Crippen LogP contribution is 2.27. The van der Waals surface area contributed by atoms with E-state index in [1.165, 1.54) is 30.3 Å². The van der Waals surface area contributed by atoms with Crippen LogP contribution in [0.4, 0.5) is 20.4 Å². The summed E-state index contributed by atoms with van der Waals surface area (Å²) < 4.78 is 56.9. The number of carboxylic acid groups (broad SMARTS) is 1. The lowest BCUT2D eigenvalue weighted by Crippen LogP contribution is -2.48. The van der Waals surface area contributed by atoms with Crippen molar-refractivity contribution in [2.45, 2.75) is 29.8 Å². The number of carbonyl (C=O) groups is 2. The number of aromatic nitrogens is 2. The molecule has 1 fully saturated rings. The van der Waals surface area contributed by atoms with E-state index in [9.17, 15) is 27.5 Å². The Balaban J connectivity index is 1.42. The highest BCUT2D eigenvalue weighted by atomic mass is 32.2. The van der Waals surface area contributed by atoms with E-state index >= 15 is 4.39 Å². The molecule has 2 aromatic carbocycles. The van der Waals surface area contributed by atoms with Crippen LogP contribution in [0.5, 0.6) is 0 Å². The van der Waals surface area contributed by atoms with Gasteiger partial charge in [-0.1, -0.05) is 18.2 Å². The maximum atomic E-state index is 15.1. The van der Waals surface area contributed by atoms with Gasteiger partial charge in [-0.2, -0.15) is 4.72 Å². The van der Waals surface area contributed by atoms with Gasteiger partial charge in [-0.15, -0.1) is 0 Å². The SMILES string of the molecule is O=C(NCC(NS(=O)(=O)c1ccccc1)C(=O)O)c1ccc(N2CCCC(Nc3ncccn3)C2)c(F)c1F. The smallest absolute Gasteiger partial charge is 0.323 e. The monoisotopic (exact) mass is 560 g/mol. The zero-order valence-electron chi connectivity index (χ0n) is 20.5. The van der Waals surface area contributed by atoms with Crippen LogP contribution < -0.4 is 20.3 Å². The molecule has 2 atom stereocenters. The highest BCUT2D eigenvalue weighted by molar-refractivity contribution is 7.89. The number of nitrogens with one attached hydrogen (secondary N) is 3. The third kappa shape index (κ3) is 6.83. The van der Waals surface area contributed by atoms with Crippen LogP contribution in [0.3, 0.4) is 0 Å². The first-order chi connectivity index (χ1) is 18.7. The topological polar surface area (TPSA) is 154 Å². The van der Waals surface area contributed by atoms with Crippen molar-refractivity contribution in [1.29, 1.82) is 0 Å². The summed E-state index contributed by atoms with van der Waals surface area (Å²) in [6, 6.07) is 9.26. The molecule has 1 aliphatic heterocycles. The van der Waals surface area contributed by atoms with Crippen LogP contribution in [0, 0.1) is 11.6 Å². The molecule has 2 unspecified atom stereocenters. The lowest BCUT2D eigenvalue weighted by Gasteiger charge is -2.35. The van der Waals surface area contributed by atoms with E-state index in [0.29, 0.717) is 25.5 Å². The molecule has 4 rings (SSSR count). The Morgan fingerprint density at radius 3 is 2.46 bits per heavy atom. The first kappa shape index (κ1) is 27.9. The summed E-state index contributed by atoms with van der Waals surface area (Å²) in [4.78, 5) is 33.9. The van der Waals surface area contributed by atoms with Crippen molar-refractivity contribution in [2.75, 3.05) is 29.9 Å². The number of hydrogen-bond donors (Lipinski definition) is 4. The van der Waals surface area contributed by atoms with E-state index < -0.39 is 51.7 Å². The normalized spacial score (nSPS) is 16.4. The first-order valence-corrected chi connectivity index (χ1v) is 13.5. The molecule has 0 aliphatic carbocycles. The second kappa shape index (κ2) is 12.1. The quantitative estimate of drug-likeness (QED) is 0.292. The maximum absolute atomic E-state index is 15.1. The molecule has 0 saturated carbocycles. The second-order valence-electron chi connectivity index (χ2n) is 8.80. The van der Waals surface area contributed by atoms with Gasteiger partial charge in [0, 0.05) is 38.1 Å². The number of aliphatic carboxylic acids is 1. The number of amides is 1. The van der Waals surface area contributed by atoms with Gasteiger partial charge in [0.05, 0.1) is 16.1 Å². The van der Waals surface area contributed by atoms with Gasteiger partial charge in [0.1, 0.15) is 6.04 Å². The molecule has 39 heavy (non-hydrogen) atoms. The Hall–Kier alpha value is -4.17. The molecular formula is C25H26F2N6O5S. The Kier molecular flexibility index (Phi) is 8.66. The van der Waals surface area contributed by atoms with Crippen molar-refractivity contribution in [3.8, 4) is 0 Å². The predicted octanol–water partition coefficient (Wildman–Crippen LogP) is 2.00. The summed E-state index contributed by atoms with van der Waals surface area (Å²) in [7, 11) is -4.21. The van der Waals surface area contributed by atoms with Crippen LogP contribution in [0.2, 0.25) is 0 Å². The summed E-state index contributed by atoms with van der Waals surface area (Å²) in [5, 5.41) is 14.8. The Morgan fingerprint density at radius 2 is 1.77 bits per heavy atom. The van der Waals surface area contributed by atoms with Gasteiger partial charge in [-0.05, 0) is 43.2 Å². The summed E-state index contributed by atoms with van der Waals surface area (Å²) >= 11 is 0. The van der Waals surface area contributed by atoms with Gasteiger partial charge in [0.15, 0.2) is 11.6 Å². The third-order valence-corrected chi connectivity index (χ3v) is 7.57. The third-order valence-electron chi connectivity index (χ3n) is 6.08. The maximum Gasteiger partial charge on any atom is 0.323 e. The molecule has 0 bridgehead atoms. The number of piperidine rings is 1. The molecule has 1 saturated heterocycles. The van der Waals surface area contributed by atoms with Crippen LogP contribution >= 0.6 is 0 Å². The fraction of sp³-hybridized carbons (Fsp3) is 0.280. The number of rotatable bonds is 10. The van der Waals surface area contributed by atoms with Crippen molar-refractivity contribution in [3.05, 3.63) is 78.1 Å². The number of nitrogens with zero attached hydrogens (tertiary/aromatic N) is 3. The van der Waals surface area contributed by atoms with Crippen molar-refractivity contribution in [1.82, 2.24) is 20.0 Å². The molecule has 14 heteroatoms. The Labute approximate surface area is 223 Å². The minimum atomic E-state index is -4.21. The molecule has 3 aromatic rings. The Morgan fingerprint density at radius 1 is 1.05 bits per heavy atom. The van der Waals surface area contributed by atoms with E-state index in [4.69, 9.17) is 0 Å². The van der Waals surface area contributed by atoms with Gasteiger partial charge < -0.3 is 20.6 Å². The summed E-state index contributed by atoms with van der Waals surface area (Å²) in [5.74, 6) is -4.86. The van der Waals surface area contributed by atoms with Gasteiger partial charge in [0.25, 0.3) is 5.91 Å². The molecule has 1 aromatic heterocycles. The van der Waals surface area contributed by atoms with Gasteiger partial charge in [-0.3, -0.25) is 9.59 Å². The molecule has 4 N–H and O–H groups in total. The van der Waals surface area contributed by atoms with E-state index in [-0.39, 0.29) is 16.6 Å². The zero-order chi connectivity index (χ0) is 28.0. The van der Waals surface area contributed by atoms with Crippen molar-refractivity contribution in [3.63, 3.8) is 0 Å². The highest BCUT2D eigenvalue weighted by Gasteiger charge is 2.29. The van der Waals surface area contributed by atoms with Crippen LogP contribution in [0.1, 0.15) is 23.2 Å². The average Bonchev–Trinajstić information content (AvgIpc) is 2.93. The lowest BCUT2D eigenvalue weighted by molar-refractivity contribution is -0.138. The second-order valence-corrected chi connectivity index (χ2v) is 10.5. The zero-order valence-corrected chi connectivity index (χ0v) is 21.4. The van der Waals surface area contributed by atoms with Crippen LogP contribution in [-0.2, 0) is 14.8 Å². The average molecular weight is 561 g/mol. The first-order valence-electron chi connectivity index (χ1n) is 12.0. The van der Waals surface area contributed by atoms with Crippen molar-refractivity contribution in [2.24, 2.45) is 0 Å². The number of benzene rings is 2. The van der Waals surface area contributed by atoms with E-state index in [1.807, 2.05) is 4.72 Å². The molecule has 1 amide bonds. The fourth-order valence-corrected chi connectivity index (χ4v) is 5.36. The van der Waals surface area contributed by atoms with Crippen LogP contribution in [-0.4, -0.2) is 67.1 Å². The number of halogens is 2. The number of carboxylic acids is 1. The fourth-order valence-electron chi connectivity index (χ4n) is 4.15. The minimum absolute atomic E-state index is 0.0245. The number of hydrogen-bond acceptors (Lipinski definition) is 8. The minimum Gasteiger partial charge on any atom is -0.480 e. The molecule has 206 valence electrons.